The fraction of sp³-hybridized carbons (Fsp3) is 0.227. The topological polar surface area (TPSA) is 59.8 Å². The van der Waals surface area contributed by atoms with Crippen LogP contribution in [0.3, 0.4) is 0 Å². The molecule has 29 heavy (non-hydrogen) atoms. The summed E-state index contributed by atoms with van der Waals surface area (Å²) in [5.41, 5.74) is 3.10. The Morgan fingerprint density at radius 3 is 2.72 bits per heavy atom. The van der Waals surface area contributed by atoms with E-state index in [1.54, 1.807) is 11.3 Å². The first-order valence-electron chi connectivity index (χ1n) is 9.61. The van der Waals surface area contributed by atoms with E-state index in [1.165, 1.54) is 21.8 Å². The summed E-state index contributed by atoms with van der Waals surface area (Å²) in [6.07, 6.45) is 0.881. The van der Waals surface area contributed by atoms with E-state index in [9.17, 15) is 4.79 Å². The zero-order chi connectivity index (χ0) is 20.2. The first kappa shape index (κ1) is 19.7. The number of para-hydroxylation sites is 1. The summed E-state index contributed by atoms with van der Waals surface area (Å²) in [6.45, 7) is 4.90. The molecule has 0 fully saturated rings. The number of nitrogens with one attached hydrogen (secondary N) is 1. The molecule has 0 aliphatic heterocycles. The number of amides is 1. The molecule has 0 bridgehead atoms. The number of thioether (sulfide) groups is 1. The van der Waals surface area contributed by atoms with Gasteiger partial charge in [0, 0.05) is 33.3 Å². The van der Waals surface area contributed by atoms with Crippen molar-refractivity contribution in [2.24, 2.45) is 0 Å². The number of hydrogen-bond acceptors (Lipinski definition) is 5. The Bertz CT molecular complexity index is 1150. The van der Waals surface area contributed by atoms with E-state index in [1.807, 2.05) is 36.4 Å². The molecule has 0 atom stereocenters. The molecule has 0 radical (unpaired) electrons. The van der Waals surface area contributed by atoms with Crippen molar-refractivity contribution in [1.82, 2.24) is 14.8 Å². The quantitative estimate of drug-likeness (QED) is 0.401. The van der Waals surface area contributed by atoms with Gasteiger partial charge in [0.1, 0.15) is 0 Å². The number of fused-ring (bicyclic) bond motifs is 1. The normalized spacial score (nSPS) is 11.1. The van der Waals surface area contributed by atoms with Gasteiger partial charge in [-0.2, -0.15) is 0 Å². The SMILES string of the molecule is CCc1ccccc1NC(=O)CSc1nnc(-c2csc3ccccc23)n1CC. The van der Waals surface area contributed by atoms with Gasteiger partial charge in [-0.25, -0.2) is 0 Å². The third-order valence-electron chi connectivity index (χ3n) is 4.76. The van der Waals surface area contributed by atoms with Crippen molar-refractivity contribution < 1.29 is 4.79 Å². The van der Waals surface area contributed by atoms with Crippen LogP contribution in [0.4, 0.5) is 5.69 Å². The van der Waals surface area contributed by atoms with Crippen LogP contribution in [0, 0.1) is 0 Å². The van der Waals surface area contributed by atoms with Gasteiger partial charge in [-0.05, 0) is 31.0 Å². The van der Waals surface area contributed by atoms with Gasteiger partial charge in [0.15, 0.2) is 11.0 Å². The molecule has 7 heteroatoms. The lowest BCUT2D eigenvalue weighted by molar-refractivity contribution is -0.113. The highest BCUT2D eigenvalue weighted by molar-refractivity contribution is 7.99. The first-order valence-corrected chi connectivity index (χ1v) is 11.5. The van der Waals surface area contributed by atoms with Gasteiger partial charge in [0.05, 0.1) is 5.75 Å². The lowest BCUT2D eigenvalue weighted by atomic mass is 10.1. The maximum atomic E-state index is 12.5. The van der Waals surface area contributed by atoms with Gasteiger partial charge in [0.2, 0.25) is 5.91 Å². The van der Waals surface area contributed by atoms with Crippen molar-refractivity contribution in [3.05, 3.63) is 59.5 Å². The molecule has 4 aromatic rings. The van der Waals surface area contributed by atoms with E-state index >= 15 is 0 Å². The molecular formula is C22H22N4OS2. The number of aromatic nitrogens is 3. The van der Waals surface area contributed by atoms with E-state index in [2.05, 4.69) is 51.4 Å². The van der Waals surface area contributed by atoms with E-state index in [0.717, 1.165) is 40.8 Å². The predicted molar refractivity (Wildman–Crippen MR) is 122 cm³/mol. The van der Waals surface area contributed by atoms with Crippen LogP contribution in [0.1, 0.15) is 19.4 Å². The first-order chi connectivity index (χ1) is 14.2. The van der Waals surface area contributed by atoms with E-state index in [4.69, 9.17) is 0 Å². The molecule has 0 aliphatic carbocycles. The van der Waals surface area contributed by atoms with Crippen LogP contribution in [0.2, 0.25) is 0 Å². The molecule has 0 saturated heterocycles. The molecular weight excluding hydrogens is 400 g/mol. The number of carbonyl (C=O) groups is 1. The minimum atomic E-state index is -0.0379. The van der Waals surface area contributed by atoms with Crippen molar-refractivity contribution >= 4 is 44.8 Å². The van der Waals surface area contributed by atoms with Gasteiger partial charge in [-0.15, -0.1) is 21.5 Å². The molecule has 0 unspecified atom stereocenters. The van der Waals surface area contributed by atoms with Gasteiger partial charge in [-0.3, -0.25) is 4.79 Å². The molecule has 4 rings (SSSR count). The Hall–Kier alpha value is -2.64. The van der Waals surface area contributed by atoms with Crippen LogP contribution >= 0.6 is 23.1 Å². The Morgan fingerprint density at radius 1 is 1.10 bits per heavy atom. The molecule has 2 heterocycles. The highest BCUT2D eigenvalue weighted by Crippen LogP contribution is 2.34. The summed E-state index contributed by atoms with van der Waals surface area (Å²) in [4.78, 5) is 12.5. The molecule has 0 saturated carbocycles. The summed E-state index contributed by atoms with van der Waals surface area (Å²) in [5, 5.41) is 15.9. The summed E-state index contributed by atoms with van der Waals surface area (Å²) >= 11 is 3.12. The van der Waals surface area contributed by atoms with Gasteiger partial charge in [0.25, 0.3) is 0 Å². The second kappa shape index (κ2) is 8.80. The van der Waals surface area contributed by atoms with E-state index < -0.39 is 0 Å². The maximum absolute atomic E-state index is 12.5. The fourth-order valence-electron chi connectivity index (χ4n) is 3.30. The third kappa shape index (κ3) is 4.06. The van der Waals surface area contributed by atoms with Crippen LogP contribution in [-0.4, -0.2) is 26.4 Å². The molecule has 1 amide bonds. The van der Waals surface area contributed by atoms with Crippen LogP contribution in [-0.2, 0) is 17.8 Å². The minimum Gasteiger partial charge on any atom is -0.325 e. The fourth-order valence-corrected chi connectivity index (χ4v) is 5.04. The number of aryl methyl sites for hydroxylation is 1. The Kier molecular flexibility index (Phi) is 5.97. The summed E-state index contributed by atoms with van der Waals surface area (Å²) in [7, 11) is 0. The maximum Gasteiger partial charge on any atom is 0.234 e. The third-order valence-corrected chi connectivity index (χ3v) is 6.69. The van der Waals surface area contributed by atoms with E-state index in [-0.39, 0.29) is 5.91 Å². The van der Waals surface area contributed by atoms with Crippen molar-refractivity contribution in [3.63, 3.8) is 0 Å². The van der Waals surface area contributed by atoms with Crippen LogP contribution < -0.4 is 5.32 Å². The summed E-state index contributed by atoms with van der Waals surface area (Å²) < 4.78 is 3.31. The lowest BCUT2D eigenvalue weighted by Gasteiger charge is -2.10. The average Bonchev–Trinajstić information content (AvgIpc) is 3.36. The van der Waals surface area contributed by atoms with Gasteiger partial charge < -0.3 is 9.88 Å². The average molecular weight is 423 g/mol. The van der Waals surface area contributed by atoms with Gasteiger partial charge in [-0.1, -0.05) is 55.1 Å². The van der Waals surface area contributed by atoms with Crippen molar-refractivity contribution in [1.29, 1.82) is 0 Å². The largest absolute Gasteiger partial charge is 0.325 e. The number of rotatable bonds is 7. The van der Waals surface area contributed by atoms with Crippen LogP contribution in [0.15, 0.2) is 59.1 Å². The summed E-state index contributed by atoms with van der Waals surface area (Å²) in [5.74, 6) is 1.11. The Labute approximate surface area is 178 Å². The highest BCUT2D eigenvalue weighted by atomic mass is 32.2. The second-order valence-electron chi connectivity index (χ2n) is 6.54. The van der Waals surface area contributed by atoms with Crippen LogP contribution in [0.25, 0.3) is 21.5 Å². The Balaban J connectivity index is 1.51. The van der Waals surface area contributed by atoms with Crippen LogP contribution in [0.5, 0.6) is 0 Å². The summed E-state index contributed by atoms with van der Waals surface area (Å²) in [6, 6.07) is 16.2. The smallest absolute Gasteiger partial charge is 0.234 e. The number of carbonyl (C=O) groups excluding carboxylic acids is 1. The number of anilines is 1. The molecule has 148 valence electrons. The molecule has 0 aliphatic rings. The molecule has 2 aromatic heterocycles. The van der Waals surface area contributed by atoms with Crippen molar-refractivity contribution in [2.75, 3.05) is 11.1 Å². The number of hydrogen-bond donors (Lipinski definition) is 1. The van der Waals surface area contributed by atoms with Crippen molar-refractivity contribution in [3.8, 4) is 11.4 Å². The molecule has 2 aromatic carbocycles. The van der Waals surface area contributed by atoms with Gasteiger partial charge >= 0.3 is 0 Å². The second-order valence-corrected chi connectivity index (χ2v) is 8.40. The number of benzene rings is 2. The standard InChI is InChI=1S/C22H22N4OS2/c1-3-15-9-5-7-11-18(15)23-20(27)14-29-22-25-24-21(26(22)4-2)17-13-28-19-12-8-6-10-16(17)19/h5-13H,3-4,14H2,1-2H3,(H,23,27). The monoisotopic (exact) mass is 422 g/mol. The molecule has 5 nitrogen and oxygen atoms in total. The number of thiophene rings is 1. The predicted octanol–water partition coefficient (Wildman–Crippen LogP) is 5.47. The zero-order valence-corrected chi connectivity index (χ0v) is 18.0. The van der Waals surface area contributed by atoms with Crippen molar-refractivity contribution in [2.45, 2.75) is 32.0 Å². The van der Waals surface area contributed by atoms with E-state index in [0.29, 0.717) is 5.75 Å². The minimum absolute atomic E-state index is 0.0379. The molecule has 1 N–H and O–H groups in total. The Morgan fingerprint density at radius 2 is 1.90 bits per heavy atom. The highest BCUT2D eigenvalue weighted by Gasteiger charge is 2.17. The zero-order valence-electron chi connectivity index (χ0n) is 16.4. The number of nitrogens with zero attached hydrogens (tertiary/aromatic N) is 3. The lowest BCUT2D eigenvalue weighted by Crippen LogP contribution is -2.15. The molecule has 0 spiro atoms.